The number of hydrogen-bond donors (Lipinski definition) is 1. The molecule has 0 saturated carbocycles. The van der Waals surface area contributed by atoms with Crippen molar-refractivity contribution in [2.24, 2.45) is 11.8 Å². The van der Waals surface area contributed by atoms with Crippen molar-refractivity contribution in [3.05, 3.63) is 0 Å². The van der Waals surface area contributed by atoms with Gasteiger partial charge in [-0.1, -0.05) is 79.6 Å². The van der Waals surface area contributed by atoms with E-state index in [0.29, 0.717) is 13.2 Å². The summed E-state index contributed by atoms with van der Waals surface area (Å²) in [5, 5.41) is 2.66. The molecule has 0 aromatic carbocycles. The minimum atomic E-state index is -0.644. The fraction of sp³-hybridized carbons (Fsp3) is 0.900. The van der Waals surface area contributed by atoms with E-state index in [-0.39, 0.29) is 17.8 Å². The summed E-state index contributed by atoms with van der Waals surface area (Å²) in [7, 11) is 0. The van der Waals surface area contributed by atoms with Gasteiger partial charge in [0.05, 0.1) is 13.2 Å². The van der Waals surface area contributed by atoms with Crippen LogP contribution in [0.5, 0.6) is 0 Å². The van der Waals surface area contributed by atoms with E-state index in [2.05, 4.69) is 12.2 Å². The predicted molar refractivity (Wildman–Crippen MR) is 102 cm³/mol. The highest BCUT2D eigenvalue weighted by Crippen LogP contribution is 2.11. The van der Waals surface area contributed by atoms with Gasteiger partial charge in [-0.2, -0.15) is 0 Å². The third-order valence-corrected chi connectivity index (χ3v) is 4.28. The maximum Gasteiger partial charge on any atom is 0.407 e. The molecule has 25 heavy (non-hydrogen) atoms. The number of nitrogens with one attached hydrogen (secondary N) is 1. The van der Waals surface area contributed by atoms with E-state index in [9.17, 15) is 9.59 Å². The fourth-order valence-corrected chi connectivity index (χ4v) is 2.40. The lowest BCUT2D eigenvalue weighted by Gasteiger charge is -2.22. The molecule has 5 nitrogen and oxygen atoms in total. The van der Waals surface area contributed by atoms with E-state index in [1.165, 1.54) is 32.1 Å². The number of rotatable bonds is 14. The lowest BCUT2D eigenvalue weighted by Crippen LogP contribution is -2.46. The quantitative estimate of drug-likeness (QED) is 0.348. The molecule has 0 spiro atoms. The van der Waals surface area contributed by atoms with Crippen LogP contribution in [0.4, 0.5) is 4.79 Å². The Bertz CT molecular complexity index is 358. The second-order valence-corrected chi connectivity index (χ2v) is 7.29. The first kappa shape index (κ1) is 23.7. The molecular formula is C20H39NO4. The lowest BCUT2D eigenvalue weighted by atomic mass is 9.99. The van der Waals surface area contributed by atoms with Crippen LogP contribution < -0.4 is 5.32 Å². The molecule has 0 aromatic heterocycles. The molecule has 5 heteroatoms. The Morgan fingerprint density at radius 1 is 0.880 bits per heavy atom. The maximum absolute atomic E-state index is 12.3. The van der Waals surface area contributed by atoms with E-state index in [0.717, 1.165) is 19.3 Å². The van der Waals surface area contributed by atoms with Crippen molar-refractivity contribution in [3.63, 3.8) is 0 Å². The first-order valence-corrected chi connectivity index (χ1v) is 10.0. The van der Waals surface area contributed by atoms with Gasteiger partial charge >= 0.3 is 12.1 Å². The molecule has 0 aliphatic heterocycles. The van der Waals surface area contributed by atoms with Crippen LogP contribution in [0.2, 0.25) is 0 Å². The van der Waals surface area contributed by atoms with Crippen molar-refractivity contribution in [3.8, 4) is 0 Å². The number of amides is 1. The minimum Gasteiger partial charge on any atom is -0.464 e. The summed E-state index contributed by atoms with van der Waals surface area (Å²) in [6, 6.07) is -0.644. The Morgan fingerprint density at radius 3 is 2.04 bits per heavy atom. The summed E-state index contributed by atoms with van der Waals surface area (Å²) in [5.74, 6) is -0.0907. The molecule has 0 aliphatic carbocycles. The van der Waals surface area contributed by atoms with E-state index in [4.69, 9.17) is 9.47 Å². The van der Waals surface area contributed by atoms with Gasteiger partial charge in [-0.3, -0.25) is 0 Å². The molecule has 1 N–H and O–H groups in total. The zero-order valence-electron chi connectivity index (χ0n) is 16.9. The van der Waals surface area contributed by atoms with Crippen LogP contribution >= 0.6 is 0 Å². The van der Waals surface area contributed by atoms with Crippen LogP contribution in [-0.2, 0) is 14.3 Å². The van der Waals surface area contributed by atoms with E-state index in [1.54, 1.807) is 0 Å². The van der Waals surface area contributed by atoms with Gasteiger partial charge in [0.15, 0.2) is 0 Å². The molecule has 0 fully saturated rings. The first-order valence-electron chi connectivity index (χ1n) is 10.0. The third-order valence-electron chi connectivity index (χ3n) is 4.28. The monoisotopic (exact) mass is 357 g/mol. The van der Waals surface area contributed by atoms with Gasteiger partial charge in [0.25, 0.3) is 0 Å². The number of carbonyl (C=O) groups excluding carboxylic acids is 2. The summed E-state index contributed by atoms with van der Waals surface area (Å²) < 4.78 is 10.5. The van der Waals surface area contributed by atoms with E-state index < -0.39 is 12.1 Å². The number of unbranched alkanes of at least 4 members (excludes halogenated alkanes) is 6. The van der Waals surface area contributed by atoms with Crippen LogP contribution in [0.25, 0.3) is 0 Å². The average Bonchev–Trinajstić information content (AvgIpc) is 2.59. The molecule has 148 valence electrons. The second-order valence-electron chi connectivity index (χ2n) is 7.29. The molecule has 1 unspecified atom stereocenters. The Labute approximate surface area is 154 Å². The largest absolute Gasteiger partial charge is 0.464 e. The molecule has 2 atom stereocenters. The van der Waals surface area contributed by atoms with Crippen LogP contribution in [0, 0.1) is 11.8 Å². The highest BCUT2D eigenvalue weighted by atomic mass is 16.6. The molecule has 0 rings (SSSR count). The van der Waals surface area contributed by atoms with Gasteiger partial charge in [-0.25, -0.2) is 9.59 Å². The average molecular weight is 358 g/mol. The van der Waals surface area contributed by atoms with Gasteiger partial charge in [-0.15, -0.1) is 0 Å². The second kappa shape index (κ2) is 15.0. The van der Waals surface area contributed by atoms with E-state index in [1.807, 2.05) is 27.7 Å². The van der Waals surface area contributed by atoms with Crippen molar-refractivity contribution in [2.75, 3.05) is 13.2 Å². The molecule has 0 bridgehead atoms. The zero-order valence-corrected chi connectivity index (χ0v) is 16.9. The summed E-state index contributed by atoms with van der Waals surface area (Å²) >= 11 is 0. The molecular weight excluding hydrogens is 318 g/mol. The Kier molecular flexibility index (Phi) is 14.3. The normalized spacial score (nSPS) is 13.4. The van der Waals surface area contributed by atoms with Gasteiger partial charge in [-0.05, 0) is 18.3 Å². The fourth-order valence-electron chi connectivity index (χ4n) is 2.40. The van der Waals surface area contributed by atoms with Gasteiger partial charge in [0, 0.05) is 0 Å². The maximum atomic E-state index is 12.3. The zero-order chi connectivity index (χ0) is 19.1. The van der Waals surface area contributed by atoms with E-state index >= 15 is 0 Å². The SMILES string of the molecule is CCCCCCCCCOC(=O)[C@@H](NC(=O)OCC(C)C)C(C)CC. The van der Waals surface area contributed by atoms with Crippen molar-refractivity contribution >= 4 is 12.1 Å². The lowest BCUT2D eigenvalue weighted by molar-refractivity contribution is -0.147. The Hall–Kier alpha value is -1.26. The third kappa shape index (κ3) is 12.7. The number of ether oxygens (including phenoxy) is 2. The van der Waals surface area contributed by atoms with Crippen molar-refractivity contribution in [2.45, 2.75) is 92.0 Å². The van der Waals surface area contributed by atoms with Gasteiger partial charge < -0.3 is 14.8 Å². The summed E-state index contributed by atoms with van der Waals surface area (Å²) in [5.41, 5.74) is 0. The van der Waals surface area contributed by atoms with Crippen LogP contribution in [0.3, 0.4) is 0 Å². The smallest absolute Gasteiger partial charge is 0.407 e. The number of esters is 1. The van der Waals surface area contributed by atoms with Crippen molar-refractivity contribution in [1.82, 2.24) is 5.32 Å². The summed E-state index contributed by atoms with van der Waals surface area (Å²) in [4.78, 5) is 24.1. The molecule has 0 radical (unpaired) electrons. The molecule has 0 aliphatic rings. The van der Waals surface area contributed by atoms with Crippen molar-refractivity contribution < 1.29 is 19.1 Å². The molecule has 0 aromatic rings. The highest BCUT2D eigenvalue weighted by Gasteiger charge is 2.27. The van der Waals surface area contributed by atoms with Crippen molar-refractivity contribution in [1.29, 1.82) is 0 Å². The Balaban J connectivity index is 4.13. The number of hydrogen-bond acceptors (Lipinski definition) is 4. The van der Waals surface area contributed by atoms with Gasteiger partial charge in [0.1, 0.15) is 6.04 Å². The highest BCUT2D eigenvalue weighted by molar-refractivity contribution is 5.81. The molecule has 1 amide bonds. The predicted octanol–water partition coefficient (Wildman–Crippen LogP) is 5.08. The Morgan fingerprint density at radius 2 is 1.48 bits per heavy atom. The standard InChI is InChI=1S/C20H39NO4/c1-6-8-9-10-11-12-13-14-24-19(22)18(17(5)7-2)21-20(23)25-15-16(3)4/h16-18H,6-15H2,1-5H3,(H,21,23)/t17?,18-/m0/s1. The number of alkyl carbamates (subject to hydrolysis) is 1. The minimum absolute atomic E-state index is 0.00754. The van der Waals surface area contributed by atoms with Crippen LogP contribution in [-0.4, -0.2) is 31.3 Å². The summed E-state index contributed by atoms with van der Waals surface area (Å²) in [6.07, 6.45) is 8.46. The first-order chi connectivity index (χ1) is 11.9. The van der Waals surface area contributed by atoms with Gasteiger partial charge in [0.2, 0.25) is 0 Å². The molecule has 0 heterocycles. The molecule has 0 saturated heterocycles. The number of carbonyl (C=O) groups is 2. The van der Waals surface area contributed by atoms with Crippen LogP contribution in [0.1, 0.15) is 86.0 Å². The van der Waals surface area contributed by atoms with Crippen LogP contribution in [0.15, 0.2) is 0 Å². The topological polar surface area (TPSA) is 64.6 Å². The summed E-state index contributed by atoms with van der Waals surface area (Å²) in [6.45, 7) is 10.8.